The number of nitrogens with zero attached hydrogens (tertiary/aromatic N) is 1. The maximum Gasteiger partial charge on any atom is 0.411 e. The van der Waals surface area contributed by atoms with Gasteiger partial charge in [0.1, 0.15) is 12.4 Å². The molecule has 0 spiro atoms. The Morgan fingerprint density at radius 3 is 2.83 bits per heavy atom. The van der Waals surface area contributed by atoms with Crippen molar-refractivity contribution in [2.24, 2.45) is 0 Å². The van der Waals surface area contributed by atoms with E-state index < -0.39 is 0 Å². The maximum absolute atomic E-state index is 12.8. The molecule has 0 aliphatic carbocycles. The first-order chi connectivity index (χ1) is 14.8. The maximum atomic E-state index is 12.8. The van der Waals surface area contributed by atoms with E-state index >= 15 is 0 Å². The second kappa shape index (κ2) is 8.52. The van der Waals surface area contributed by atoms with Gasteiger partial charge in [0.15, 0.2) is 0 Å². The fourth-order valence-electron chi connectivity index (χ4n) is 4.65. The Labute approximate surface area is 177 Å². The van der Waals surface area contributed by atoms with Gasteiger partial charge in [-0.3, -0.25) is 4.90 Å². The van der Waals surface area contributed by atoms with Gasteiger partial charge in [-0.1, -0.05) is 54.1 Å². The van der Waals surface area contributed by atoms with Crippen molar-refractivity contribution in [1.82, 2.24) is 4.90 Å². The molecule has 2 aromatic carbocycles. The summed E-state index contributed by atoms with van der Waals surface area (Å²) in [5, 5.41) is 0. The molecule has 5 heteroatoms. The van der Waals surface area contributed by atoms with Crippen LogP contribution in [0.3, 0.4) is 0 Å². The Hall–Kier alpha value is -2.79. The third-order valence-electron chi connectivity index (χ3n) is 6.18. The van der Waals surface area contributed by atoms with Crippen LogP contribution in [0.25, 0.3) is 0 Å². The summed E-state index contributed by atoms with van der Waals surface area (Å²) in [5.74, 6) is 1.03. The molecular formula is C25H27NO4. The van der Waals surface area contributed by atoms with Crippen molar-refractivity contribution in [1.29, 1.82) is 0 Å². The number of carbonyl (C=O) groups is 1. The predicted molar refractivity (Wildman–Crippen MR) is 114 cm³/mol. The van der Waals surface area contributed by atoms with Gasteiger partial charge in [0, 0.05) is 6.42 Å². The number of aryl methyl sites for hydroxylation is 1. The third-order valence-corrected chi connectivity index (χ3v) is 6.18. The molecule has 0 saturated carbocycles. The van der Waals surface area contributed by atoms with Gasteiger partial charge in [0.05, 0.1) is 31.9 Å². The van der Waals surface area contributed by atoms with E-state index in [1.807, 2.05) is 35.2 Å². The SMILES string of the molecule is O=C(OCc1ccccc1)N1C2C=C(CCc3ccc4c(c3)CCO4)CC1COC2. The Balaban J connectivity index is 1.21. The monoisotopic (exact) mass is 405 g/mol. The zero-order valence-corrected chi connectivity index (χ0v) is 17.1. The molecule has 0 radical (unpaired) electrons. The molecule has 3 aliphatic rings. The highest BCUT2D eigenvalue weighted by atomic mass is 16.6. The van der Waals surface area contributed by atoms with Crippen LogP contribution >= 0.6 is 0 Å². The molecule has 1 amide bonds. The van der Waals surface area contributed by atoms with E-state index in [1.165, 1.54) is 16.7 Å². The lowest BCUT2D eigenvalue weighted by molar-refractivity contribution is -0.0375. The van der Waals surface area contributed by atoms with Crippen LogP contribution in [-0.4, -0.2) is 42.9 Å². The summed E-state index contributed by atoms with van der Waals surface area (Å²) >= 11 is 0. The van der Waals surface area contributed by atoms with Crippen LogP contribution in [0.1, 0.15) is 29.5 Å². The van der Waals surface area contributed by atoms with Gasteiger partial charge in [0.2, 0.25) is 0 Å². The van der Waals surface area contributed by atoms with Crippen molar-refractivity contribution in [2.45, 2.75) is 44.4 Å². The molecule has 1 saturated heterocycles. The van der Waals surface area contributed by atoms with E-state index in [0.717, 1.165) is 43.6 Å². The van der Waals surface area contributed by atoms with Crippen LogP contribution in [0.5, 0.6) is 5.75 Å². The van der Waals surface area contributed by atoms with E-state index in [1.54, 1.807) is 0 Å². The van der Waals surface area contributed by atoms with Crippen LogP contribution in [-0.2, 0) is 28.9 Å². The topological polar surface area (TPSA) is 48.0 Å². The highest BCUT2D eigenvalue weighted by molar-refractivity contribution is 5.69. The van der Waals surface area contributed by atoms with Crippen molar-refractivity contribution in [2.75, 3.05) is 19.8 Å². The quantitative estimate of drug-likeness (QED) is 0.697. The Kier molecular flexibility index (Phi) is 5.45. The molecule has 2 unspecified atom stereocenters. The summed E-state index contributed by atoms with van der Waals surface area (Å²) in [7, 11) is 0. The number of ether oxygens (including phenoxy) is 3. The summed E-state index contributed by atoms with van der Waals surface area (Å²) in [6, 6.07) is 16.4. The largest absolute Gasteiger partial charge is 0.493 e. The van der Waals surface area contributed by atoms with Crippen LogP contribution in [0.2, 0.25) is 0 Å². The summed E-state index contributed by atoms with van der Waals surface area (Å²) in [6.07, 6.45) is 5.86. The molecule has 3 aliphatic heterocycles. The van der Waals surface area contributed by atoms with Crippen LogP contribution in [0.15, 0.2) is 60.2 Å². The number of fused-ring (bicyclic) bond motifs is 3. The zero-order chi connectivity index (χ0) is 20.3. The van der Waals surface area contributed by atoms with Gasteiger partial charge in [-0.25, -0.2) is 4.79 Å². The summed E-state index contributed by atoms with van der Waals surface area (Å²) in [6.45, 7) is 2.21. The predicted octanol–water partition coefficient (Wildman–Crippen LogP) is 4.29. The van der Waals surface area contributed by atoms with Crippen LogP contribution in [0.4, 0.5) is 4.79 Å². The molecule has 2 bridgehead atoms. The number of morpholine rings is 1. The van der Waals surface area contributed by atoms with E-state index in [9.17, 15) is 4.79 Å². The van der Waals surface area contributed by atoms with Crippen molar-refractivity contribution < 1.29 is 19.0 Å². The minimum atomic E-state index is -0.244. The lowest BCUT2D eigenvalue weighted by Gasteiger charge is -2.43. The van der Waals surface area contributed by atoms with Gasteiger partial charge in [-0.2, -0.15) is 0 Å². The molecule has 2 aromatic rings. The normalized spacial score (nSPS) is 22.1. The Morgan fingerprint density at radius 1 is 1.07 bits per heavy atom. The molecule has 0 aromatic heterocycles. The number of hydrogen-bond acceptors (Lipinski definition) is 4. The van der Waals surface area contributed by atoms with Crippen molar-refractivity contribution >= 4 is 6.09 Å². The average molecular weight is 405 g/mol. The molecule has 5 rings (SSSR count). The van der Waals surface area contributed by atoms with Crippen molar-refractivity contribution in [3.8, 4) is 5.75 Å². The minimum absolute atomic E-state index is 0.0378. The fraction of sp³-hybridized carbons (Fsp3) is 0.400. The van der Waals surface area contributed by atoms with Crippen molar-refractivity contribution in [3.05, 3.63) is 76.9 Å². The van der Waals surface area contributed by atoms with Gasteiger partial charge in [0.25, 0.3) is 0 Å². The first-order valence-corrected chi connectivity index (χ1v) is 10.8. The van der Waals surface area contributed by atoms with E-state index in [4.69, 9.17) is 14.2 Å². The van der Waals surface area contributed by atoms with Gasteiger partial charge < -0.3 is 14.2 Å². The smallest absolute Gasteiger partial charge is 0.411 e. The second-order valence-corrected chi connectivity index (χ2v) is 8.28. The molecule has 30 heavy (non-hydrogen) atoms. The van der Waals surface area contributed by atoms with Gasteiger partial charge >= 0.3 is 6.09 Å². The molecule has 0 N–H and O–H groups in total. The summed E-state index contributed by atoms with van der Waals surface area (Å²) < 4.78 is 16.9. The number of amides is 1. The summed E-state index contributed by atoms with van der Waals surface area (Å²) in [4.78, 5) is 14.7. The highest BCUT2D eigenvalue weighted by Gasteiger charge is 2.38. The number of hydrogen-bond donors (Lipinski definition) is 0. The Bertz CT molecular complexity index is 939. The highest BCUT2D eigenvalue weighted by Crippen LogP contribution is 2.31. The lowest BCUT2D eigenvalue weighted by atomic mass is 9.90. The van der Waals surface area contributed by atoms with Gasteiger partial charge in [-0.15, -0.1) is 0 Å². The first kappa shape index (κ1) is 19.2. The molecule has 1 fully saturated rings. The minimum Gasteiger partial charge on any atom is -0.493 e. The standard InChI is InChI=1S/C25H27NO4/c27-25(30-15-19-4-2-1-3-5-19)26-22-13-20(14-23(26)17-28-16-22)7-6-18-8-9-24-21(12-18)10-11-29-24/h1-5,8-9,12-13,22-23H,6-7,10-11,14-17H2. The summed E-state index contributed by atoms with van der Waals surface area (Å²) in [5.41, 5.74) is 5.09. The van der Waals surface area contributed by atoms with Crippen LogP contribution < -0.4 is 4.74 Å². The van der Waals surface area contributed by atoms with E-state index in [-0.39, 0.29) is 18.2 Å². The number of carbonyl (C=O) groups excluding carboxylic acids is 1. The molecule has 2 atom stereocenters. The lowest BCUT2D eigenvalue weighted by Crippen LogP contribution is -2.56. The van der Waals surface area contributed by atoms with Crippen molar-refractivity contribution in [3.63, 3.8) is 0 Å². The fourth-order valence-corrected chi connectivity index (χ4v) is 4.65. The average Bonchev–Trinajstić information content (AvgIpc) is 3.24. The Morgan fingerprint density at radius 2 is 1.97 bits per heavy atom. The van der Waals surface area contributed by atoms with Crippen LogP contribution in [0, 0.1) is 0 Å². The molecule has 156 valence electrons. The second-order valence-electron chi connectivity index (χ2n) is 8.28. The molecule has 5 nitrogen and oxygen atoms in total. The first-order valence-electron chi connectivity index (χ1n) is 10.8. The van der Waals surface area contributed by atoms with E-state index in [0.29, 0.717) is 19.8 Å². The number of rotatable bonds is 5. The third kappa shape index (κ3) is 4.08. The van der Waals surface area contributed by atoms with E-state index in [2.05, 4.69) is 24.3 Å². The molecular weight excluding hydrogens is 378 g/mol. The number of benzene rings is 2. The zero-order valence-electron chi connectivity index (χ0n) is 17.1. The molecule has 3 heterocycles. The van der Waals surface area contributed by atoms with Gasteiger partial charge in [-0.05, 0) is 42.0 Å².